The normalized spacial score (nSPS) is 20.5. The van der Waals surface area contributed by atoms with Crippen molar-refractivity contribution >= 4 is 17.6 Å². The van der Waals surface area contributed by atoms with Crippen molar-refractivity contribution in [1.82, 2.24) is 4.90 Å². The summed E-state index contributed by atoms with van der Waals surface area (Å²) in [6.45, 7) is 4.47. The molecule has 13 heavy (non-hydrogen) atoms. The molecular weight excluding hydrogens is 180 g/mol. The van der Waals surface area contributed by atoms with Crippen LogP contribution in [0.4, 0.5) is 0 Å². The molecule has 0 aromatic carbocycles. The van der Waals surface area contributed by atoms with Crippen LogP contribution < -0.4 is 0 Å². The van der Waals surface area contributed by atoms with E-state index in [1.165, 1.54) is 18.6 Å². The zero-order valence-corrected chi connectivity index (χ0v) is 9.49. The quantitative estimate of drug-likeness (QED) is 0.754. The number of rotatable bonds is 4. The van der Waals surface area contributed by atoms with Crippen molar-refractivity contribution in [3.8, 4) is 0 Å². The summed E-state index contributed by atoms with van der Waals surface area (Å²) in [6, 6.07) is 0. The standard InChI is InChI=1S/C10H20N2S/c1-9(8-13-2)7-12-6-4-3-5-10(12)11/h9,11H,3-8H2,1-2H3. The van der Waals surface area contributed by atoms with Crippen molar-refractivity contribution < 1.29 is 0 Å². The van der Waals surface area contributed by atoms with Crippen LogP contribution in [0.3, 0.4) is 0 Å². The molecule has 1 N–H and O–H groups in total. The Morgan fingerprint density at radius 2 is 2.31 bits per heavy atom. The van der Waals surface area contributed by atoms with Gasteiger partial charge in [-0.1, -0.05) is 6.92 Å². The molecule has 1 heterocycles. The smallest absolute Gasteiger partial charge is 0.0957 e. The van der Waals surface area contributed by atoms with Gasteiger partial charge in [-0.05, 0) is 30.8 Å². The van der Waals surface area contributed by atoms with Gasteiger partial charge in [0, 0.05) is 19.5 Å². The summed E-state index contributed by atoms with van der Waals surface area (Å²) >= 11 is 1.90. The third-order valence-corrected chi connectivity index (χ3v) is 3.36. The van der Waals surface area contributed by atoms with Gasteiger partial charge in [-0.25, -0.2) is 0 Å². The summed E-state index contributed by atoms with van der Waals surface area (Å²) in [5.41, 5.74) is 0. The summed E-state index contributed by atoms with van der Waals surface area (Å²) < 4.78 is 0. The highest BCUT2D eigenvalue weighted by atomic mass is 32.2. The Balaban J connectivity index is 2.29. The maximum Gasteiger partial charge on any atom is 0.0957 e. The Bertz CT molecular complexity index is 170. The van der Waals surface area contributed by atoms with Crippen molar-refractivity contribution in [2.24, 2.45) is 5.92 Å². The fraction of sp³-hybridized carbons (Fsp3) is 0.900. The van der Waals surface area contributed by atoms with Crippen LogP contribution in [0, 0.1) is 11.3 Å². The van der Waals surface area contributed by atoms with E-state index < -0.39 is 0 Å². The van der Waals surface area contributed by atoms with Gasteiger partial charge in [0.05, 0.1) is 5.84 Å². The number of thioether (sulfide) groups is 1. The van der Waals surface area contributed by atoms with Crippen LogP contribution in [0.15, 0.2) is 0 Å². The lowest BCUT2D eigenvalue weighted by atomic mass is 10.1. The van der Waals surface area contributed by atoms with E-state index in [2.05, 4.69) is 18.1 Å². The van der Waals surface area contributed by atoms with E-state index in [0.717, 1.165) is 25.3 Å². The van der Waals surface area contributed by atoms with E-state index in [9.17, 15) is 0 Å². The van der Waals surface area contributed by atoms with Crippen molar-refractivity contribution in [2.45, 2.75) is 26.2 Å². The van der Waals surface area contributed by atoms with Gasteiger partial charge >= 0.3 is 0 Å². The lowest BCUT2D eigenvalue weighted by Gasteiger charge is -2.31. The maximum atomic E-state index is 7.79. The second-order valence-electron chi connectivity index (χ2n) is 3.91. The monoisotopic (exact) mass is 200 g/mol. The Hall–Kier alpha value is -0.180. The minimum absolute atomic E-state index is 0.716. The molecule has 2 nitrogen and oxygen atoms in total. The predicted octanol–water partition coefficient (Wildman–Crippen LogP) is 2.45. The molecule has 0 aromatic heterocycles. The first-order valence-corrected chi connectivity index (χ1v) is 6.44. The highest BCUT2D eigenvalue weighted by molar-refractivity contribution is 7.98. The maximum absolute atomic E-state index is 7.79. The average Bonchev–Trinajstić information content (AvgIpc) is 2.09. The van der Waals surface area contributed by atoms with Crippen molar-refractivity contribution in [3.05, 3.63) is 0 Å². The summed E-state index contributed by atoms with van der Waals surface area (Å²) in [5.74, 6) is 2.79. The second-order valence-corrected chi connectivity index (χ2v) is 4.82. The van der Waals surface area contributed by atoms with E-state index in [1.54, 1.807) is 0 Å². The lowest BCUT2D eigenvalue weighted by molar-refractivity contribution is 0.330. The Morgan fingerprint density at radius 3 is 2.92 bits per heavy atom. The van der Waals surface area contributed by atoms with E-state index in [4.69, 9.17) is 5.41 Å². The molecule has 0 spiro atoms. The van der Waals surface area contributed by atoms with Crippen molar-refractivity contribution in [3.63, 3.8) is 0 Å². The number of hydrogen-bond acceptors (Lipinski definition) is 2. The van der Waals surface area contributed by atoms with Crippen LogP contribution in [0.25, 0.3) is 0 Å². The molecule has 1 atom stereocenters. The summed E-state index contributed by atoms with van der Waals surface area (Å²) in [7, 11) is 0. The molecule has 0 bridgehead atoms. The van der Waals surface area contributed by atoms with Crippen LogP contribution in [0.2, 0.25) is 0 Å². The Labute approximate surface area is 85.6 Å². The molecule has 0 saturated carbocycles. The molecule has 0 aliphatic carbocycles. The number of nitrogens with one attached hydrogen (secondary N) is 1. The molecule has 1 aliphatic heterocycles. The first-order valence-electron chi connectivity index (χ1n) is 5.05. The van der Waals surface area contributed by atoms with Gasteiger partial charge in [-0.3, -0.25) is 5.41 Å². The fourth-order valence-corrected chi connectivity index (χ4v) is 2.48. The van der Waals surface area contributed by atoms with Crippen molar-refractivity contribution in [2.75, 3.05) is 25.1 Å². The van der Waals surface area contributed by atoms with Crippen LogP contribution in [0.5, 0.6) is 0 Å². The largest absolute Gasteiger partial charge is 0.360 e. The van der Waals surface area contributed by atoms with Gasteiger partial charge in [-0.2, -0.15) is 11.8 Å². The van der Waals surface area contributed by atoms with E-state index in [-0.39, 0.29) is 0 Å². The predicted molar refractivity (Wildman–Crippen MR) is 60.7 cm³/mol. The molecule has 0 radical (unpaired) electrons. The fourth-order valence-electron chi connectivity index (χ4n) is 1.80. The third-order valence-electron chi connectivity index (χ3n) is 2.46. The summed E-state index contributed by atoms with van der Waals surface area (Å²) in [6.07, 6.45) is 5.63. The Morgan fingerprint density at radius 1 is 1.54 bits per heavy atom. The minimum Gasteiger partial charge on any atom is -0.360 e. The average molecular weight is 200 g/mol. The molecule has 1 saturated heterocycles. The first-order chi connectivity index (χ1) is 6.24. The van der Waals surface area contributed by atoms with Crippen LogP contribution in [-0.2, 0) is 0 Å². The van der Waals surface area contributed by atoms with E-state index >= 15 is 0 Å². The van der Waals surface area contributed by atoms with Gasteiger partial charge in [0.1, 0.15) is 0 Å². The SMILES string of the molecule is CSCC(C)CN1CCCCC1=N. The Kier molecular flexibility index (Phi) is 4.64. The summed E-state index contributed by atoms with van der Waals surface area (Å²) in [5, 5.41) is 7.79. The van der Waals surface area contributed by atoms with Crippen LogP contribution in [-0.4, -0.2) is 35.8 Å². The van der Waals surface area contributed by atoms with Gasteiger partial charge in [-0.15, -0.1) is 0 Å². The molecule has 3 heteroatoms. The zero-order chi connectivity index (χ0) is 9.68. The van der Waals surface area contributed by atoms with Gasteiger partial charge in [0.2, 0.25) is 0 Å². The van der Waals surface area contributed by atoms with Gasteiger partial charge in [0.25, 0.3) is 0 Å². The minimum atomic E-state index is 0.716. The number of amidine groups is 1. The van der Waals surface area contributed by atoms with Gasteiger partial charge in [0.15, 0.2) is 0 Å². The molecule has 76 valence electrons. The molecule has 1 unspecified atom stereocenters. The topological polar surface area (TPSA) is 27.1 Å². The first kappa shape index (κ1) is 10.9. The number of piperidine rings is 1. The lowest BCUT2D eigenvalue weighted by Crippen LogP contribution is -2.38. The third kappa shape index (κ3) is 3.59. The molecule has 0 amide bonds. The number of hydrogen-bond donors (Lipinski definition) is 1. The number of likely N-dealkylation sites (tertiary alicyclic amines) is 1. The highest BCUT2D eigenvalue weighted by Gasteiger charge is 2.16. The molecule has 1 rings (SSSR count). The van der Waals surface area contributed by atoms with E-state index in [1.807, 2.05) is 11.8 Å². The molecule has 1 fully saturated rings. The van der Waals surface area contributed by atoms with Crippen LogP contribution >= 0.6 is 11.8 Å². The molecule has 0 aromatic rings. The van der Waals surface area contributed by atoms with Gasteiger partial charge < -0.3 is 4.90 Å². The van der Waals surface area contributed by atoms with E-state index in [0.29, 0.717) is 5.92 Å². The molecule has 1 aliphatic rings. The number of nitrogens with zero attached hydrogens (tertiary/aromatic N) is 1. The molecular formula is C10H20N2S. The van der Waals surface area contributed by atoms with Crippen molar-refractivity contribution in [1.29, 1.82) is 5.41 Å². The summed E-state index contributed by atoms with van der Waals surface area (Å²) in [4.78, 5) is 2.25. The van der Waals surface area contributed by atoms with Crippen LogP contribution in [0.1, 0.15) is 26.2 Å². The second kappa shape index (κ2) is 5.53. The zero-order valence-electron chi connectivity index (χ0n) is 8.68. The highest BCUT2D eigenvalue weighted by Crippen LogP contribution is 2.14.